The van der Waals surface area contributed by atoms with E-state index in [1.54, 1.807) is 34.6 Å². The number of phenolic OH excluding ortho intramolecular Hbond substituents is 3. The van der Waals surface area contributed by atoms with Crippen LogP contribution >= 0.6 is 0 Å². The van der Waals surface area contributed by atoms with Crippen molar-refractivity contribution < 1.29 is 162 Å². The summed E-state index contributed by atoms with van der Waals surface area (Å²) in [6.07, 6.45) is -30.2. The van der Waals surface area contributed by atoms with Crippen LogP contribution in [0.1, 0.15) is 180 Å². The van der Waals surface area contributed by atoms with Crippen LogP contribution in [0.15, 0.2) is 5.76 Å². The standard InChI is InChI=1S/C75H100O33/c1-11-19-72(92)70(106-39-17-14-34(77)26(4)99-39)60(88)63(104-41-23-35(78)52(80)28(6)101-41)32-22-30-21-31-44(54(82)43(30)68(90)74(32,72)93)55(83)48(66(97-10)62(31)95-8)47-56(84)45-46(59(87)65(47)96-9)57(85)49-50(58(45)86)69(91)75(94)51-64(49)108-73(75,20-12-2)71(61(89)67(51)105-42-24-36(79)53(81)29(7)102-42)107-40-18-15-37(27(5)100-40)103-38-16-13-33(76)25(3)98-38/h21,25-30,32-43,51-53,60-61,63-64,67,70-71,76-81,83,85-89,92-94H,11-20,22-24H2,1-10H3/t25-,26-,27-,28+,29+,30?,32?,33+,34?,35-,36-,37?,38?,39+,40+,41+,42+,43?,51?,52+,53+,60?,61?,63?,64?,67?,70?,71?,72?,73?,74?,75?/m1/s1. The second kappa shape index (κ2) is 29.1. The lowest BCUT2D eigenvalue weighted by molar-refractivity contribution is -0.360. The van der Waals surface area contributed by atoms with Crippen LogP contribution in [-0.2, 0) is 61.6 Å². The first-order chi connectivity index (χ1) is 51.1. The predicted octanol–water partition coefficient (Wildman–Crippen LogP) is -0.360. The summed E-state index contributed by atoms with van der Waals surface area (Å²) in [5.41, 5.74) is -16.4. The Kier molecular flexibility index (Phi) is 21.3. The Balaban J connectivity index is 0.881. The average molecular weight is 1530 g/mol. The Bertz CT molecular complexity index is 4010. The summed E-state index contributed by atoms with van der Waals surface area (Å²) in [4.78, 5) is 64.4. The number of aliphatic hydroxyl groups excluding tert-OH is 9. The van der Waals surface area contributed by atoms with Crippen LogP contribution < -0.4 is 19.9 Å². The molecule has 598 valence electrons. The maximum absolute atomic E-state index is 16.3. The highest BCUT2D eigenvalue weighted by molar-refractivity contribution is 6.35. The Labute approximate surface area is 619 Å². The molecule has 3 saturated carbocycles. The van der Waals surface area contributed by atoms with Crippen LogP contribution in [0.25, 0.3) is 17.4 Å². The molecule has 2 aromatic carbocycles. The Hall–Kier alpha value is -5.68. The van der Waals surface area contributed by atoms with Gasteiger partial charge in [0, 0.05) is 48.8 Å². The van der Waals surface area contributed by atoms with Gasteiger partial charge in [-0.2, -0.15) is 0 Å². The summed E-state index contributed by atoms with van der Waals surface area (Å²) in [6, 6.07) is 0. The van der Waals surface area contributed by atoms with E-state index in [-0.39, 0.29) is 56.6 Å². The molecule has 15 N–H and O–H groups in total. The molecule has 0 spiro atoms. The summed E-state index contributed by atoms with van der Waals surface area (Å²) in [6.45, 7) is 11.2. The number of methoxy groups -OCH3 is 3. The fourth-order valence-corrected chi connectivity index (χ4v) is 19.8. The van der Waals surface area contributed by atoms with Crippen LogP contribution in [0.4, 0.5) is 0 Å². The second-order valence-corrected chi connectivity index (χ2v) is 31.3. The Morgan fingerprint density at radius 3 is 1.59 bits per heavy atom. The summed E-state index contributed by atoms with van der Waals surface area (Å²) in [5.74, 6) is -18.8. The maximum Gasteiger partial charge on any atom is 0.202 e. The summed E-state index contributed by atoms with van der Waals surface area (Å²) in [7, 11) is 3.18. The number of ether oxygens (including phenoxy) is 14. The number of allylic oxidation sites excluding steroid dienone is 1. The maximum atomic E-state index is 16.3. The molecule has 108 heavy (non-hydrogen) atoms. The number of rotatable bonds is 17. The molecule has 18 unspecified atom stereocenters. The van der Waals surface area contributed by atoms with Crippen molar-refractivity contribution in [3.05, 3.63) is 44.0 Å². The quantitative estimate of drug-likeness (QED) is 0.0546. The first-order valence-electron chi connectivity index (χ1n) is 37.5. The molecule has 14 rings (SSSR count). The lowest BCUT2D eigenvalue weighted by Crippen LogP contribution is -2.81. The third kappa shape index (κ3) is 11.7. The summed E-state index contributed by atoms with van der Waals surface area (Å²) < 4.78 is 87.4. The van der Waals surface area contributed by atoms with Gasteiger partial charge in [-0.3, -0.25) is 19.2 Å². The van der Waals surface area contributed by atoms with Crippen LogP contribution in [0.3, 0.4) is 0 Å². The first kappa shape index (κ1) is 79.0. The molecule has 32 atom stereocenters. The predicted molar refractivity (Wildman–Crippen MR) is 363 cm³/mol. The van der Waals surface area contributed by atoms with Crippen molar-refractivity contribution in [3.8, 4) is 28.7 Å². The fourth-order valence-electron chi connectivity index (χ4n) is 19.8. The molecular weight excluding hydrogens is 1430 g/mol. The van der Waals surface area contributed by atoms with Crippen molar-refractivity contribution in [2.24, 2.45) is 23.7 Å². The Morgan fingerprint density at radius 1 is 0.509 bits per heavy atom. The van der Waals surface area contributed by atoms with Crippen molar-refractivity contribution in [1.29, 1.82) is 0 Å². The zero-order valence-electron chi connectivity index (χ0n) is 61.5. The van der Waals surface area contributed by atoms with Gasteiger partial charge in [-0.1, -0.05) is 32.8 Å². The molecule has 33 heteroatoms. The molecule has 2 aromatic rings. The number of Topliss-reactive ketones (excluding diaryl/α,β-unsaturated/α-hetero) is 4. The molecule has 9 fully saturated rings. The van der Waals surface area contributed by atoms with Gasteiger partial charge in [-0.05, 0) is 79.1 Å². The smallest absolute Gasteiger partial charge is 0.202 e. The molecule has 0 aromatic heterocycles. The topological polar surface area (TPSA) is 501 Å². The Morgan fingerprint density at radius 2 is 1.05 bits per heavy atom. The largest absolute Gasteiger partial charge is 0.507 e. The van der Waals surface area contributed by atoms with Gasteiger partial charge in [0.2, 0.25) is 11.6 Å². The number of carbonyl (C=O) groups excluding carboxylic acids is 4. The third-order valence-corrected chi connectivity index (χ3v) is 25.2. The summed E-state index contributed by atoms with van der Waals surface area (Å²) in [5, 5.41) is 182. The minimum Gasteiger partial charge on any atom is -0.507 e. The zero-order valence-corrected chi connectivity index (χ0v) is 61.5. The lowest BCUT2D eigenvalue weighted by atomic mass is 9.50. The molecule has 6 heterocycles. The number of aliphatic hydroxyl groups is 12. The monoisotopic (exact) mass is 1530 g/mol. The van der Waals surface area contributed by atoms with Crippen molar-refractivity contribution in [3.63, 3.8) is 0 Å². The minimum atomic E-state index is -3.12. The third-order valence-electron chi connectivity index (χ3n) is 25.2. The van der Waals surface area contributed by atoms with E-state index in [9.17, 15) is 76.6 Å². The van der Waals surface area contributed by atoms with E-state index in [1.807, 2.05) is 0 Å². The molecule has 0 amide bonds. The van der Waals surface area contributed by atoms with Gasteiger partial charge in [0.25, 0.3) is 0 Å². The molecule has 12 aliphatic rings. The minimum absolute atomic E-state index is 0.00935. The normalized spacial score (nSPS) is 45.4. The zero-order chi connectivity index (χ0) is 77.9. The number of benzene rings is 2. The fraction of sp³-hybridized carbons (Fsp3) is 0.733. The molecule has 0 radical (unpaired) electrons. The van der Waals surface area contributed by atoms with Crippen molar-refractivity contribution in [2.75, 3.05) is 21.3 Å². The summed E-state index contributed by atoms with van der Waals surface area (Å²) >= 11 is 0. The number of aromatic hydroxyl groups is 3. The number of hydrogen-bond donors (Lipinski definition) is 15. The van der Waals surface area contributed by atoms with E-state index >= 15 is 19.2 Å². The molecule has 6 aliphatic heterocycles. The van der Waals surface area contributed by atoms with Gasteiger partial charge in [0.1, 0.15) is 65.1 Å². The molecule has 4 bridgehead atoms. The van der Waals surface area contributed by atoms with Crippen molar-refractivity contribution >= 4 is 40.5 Å². The van der Waals surface area contributed by atoms with E-state index in [0.29, 0.717) is 12.8 Å². The van der Waals surface area contributed by atoms with Crippen LogP contribution in [-0.4, -0.2) is 285 Å². The van der Waals surface area contributed by atoms with E-state index in [0.717, 1.165) is 21.3 Å². The van der Waals surface area contributed by atoms with Crippen molar-refractivity contribution in [1.82, 2.24) is 0 Å². The number of phenols is 3. The van der Waals surface area contributed by atoms with E-state index in [2.05, 4.69) is 0 Å². The van der Waals surface area contributed by atoms with Crippen LogP contribution in [0.2, 0.25) is 0 Å². The number of hydrogen-bond acceptors (Lipinski definition) is 33. The first-order valence-corrected chi connectivity index (χ1v) is 37.5. The van der Waals surface area contributed by atoms with Gasteiger partial charge >= 0.3 is 0 Å². The van der Waals surface area contributed by atoms with Gasteiger partial charge in [0.15, 0.2) is 77.2 Å². The van der Waals surface area contributed by atoms with Crippen LogP contribution in [0.5, 0.6) is 28.7 Å². The number of fused-ring (bicyclic) bond motifs is 6. The van der Waals surface area contributed by atoms with Gasteiger partial charge in [-0.15, -0.1) is 0 Å². The number of ketones is 4. The highest BCUT2D eigenvalue weighted by Crippen LogP contribution is 2.69. The second-order valence-electron chi connectivity index (χ2n) is 31.3. The SMILES string of the molecule is CCCC1(O)C(O[C@H]2CCC(O)[C@@H](C)O2)C(O)C(O[C@H]2C[C@@H](O)[C@@H](O)[C@H](C)O2)C2CC3C=c4c(OC)c(OC)c(=C5C(=O)c6c(O)c7c(c(O)c6C(O)=C5OC)C5OC6(CCC)C(O[C@H]8CCC(OC9CC[C@H](O)[C@@H](C)O9)[C@@H](C)O8)C(O)C(O[C@H]8C[C@@H](O)[C@@H](O)[C@H](C)O8)C5C6(O)C7=O)c(O)c4C(=O)C3C(=O)C21O. The van der Waals surface area contributed by atoms with Gasteiger partial charge < -0.3 is 143 Å². The molecule has 6 saturated heterocycles. The number of carbonyl (C=O) groups is 4. The highest BCUT2D eigenvalue weighted by atomic mass is 16.7. The van der Waals surface area contributed by atoms with Gasteiger partial charge in [-0.25, -0.2) is 0 Å². The van der Waals surface area contributed by atoms with E-state index in [4.69, 9.17) is 66.3 Å². The molecule has 33 nitrogen and oxygen atoms in total. The molecule has 6 aliphatic carbocycles. The van der Waals surface area contributed by atoms with Crippen LogP contribution in [0, 0.1) is 23.7 Å². The van der Waals surface area contributed by atoms with Crippen molar-refractivity contribution in [2.45, 2.75) is 302 Å². The van der Waals surface area contributed by atoms with E-state index < -0.39 is 315 Å². The molecular formula is C75H100O33. The lowest BCUT2D eigenvalue weighted by Gasteiger charge is -2.62. The highest BCUT2D eigenvalue weighted by Gasteiger charge is 2.82. The average Bonchev–Trinajstić information content (AvgIpc) is 1.45. The van der Waals surface area contributed by atoms with E-state index in [1.165, 1.54) is 19.9 Å². The van der Waals surface area contributed by atoms with Gasteiger partial charge in [0.05, 0.1) is 146 Å².